The average molecular weight is 366 g/mol. The van der Waals surface area contributed by atoms with Crippen LogP contribution >= 0.6 is 0 Å². The van der Waals surface area contributed by atoms with Crippen molar-refractivity contribution in [1.29, 1.82) is 0 Å². The predicted molar refractivity (Wildman–Crippen MR) is 101 cm³/mol. The Morgan fingerprint density at radius 3 is 2.59 bits per heavy atom. The molecule has 1 fully saturated rings. The van der Waals surface area contributed by atoms with E-state index in [1.54, 1.807) is 29.3 Å². The van der Waals surface area contributed by atoms with Crippen LogP contribution in [0.4, 0.5) is 10.1 Å². The van der Waals surface area contributed by atoms with Gasteiger partial charge in [-0.1, -0.05) is 12.1 Å². The van der Waals surface area contributed by atoms with E-state index < -0.39 is 5.82 Å². The highest BCUT2D eigenvalue weighted by molar-refractivity contribution is 6.05. The van der Waals surface area contributed by atoms with Crippen molar-refractivity contribution in [2.24, 2.45) is 0 Å². The third kappa shape index (κ3) is 3.16. The number of benzene rings is 2. The van der Waals surface area contributed by atoms with Gasteiger partial charge >= 0.3 is 0 Å². The zero-order valence-corrected chi connectivity index (χ0v) is 14.9. The SMILES string of the molecule is CC(=O)c1ccc(N2CCN(C(=O)c3cccc4cn[nH]c34)CC2)c(F)c1. The molecule has 2 aromatic carbocycles. The number of anilines is 1. The van der Waals surface area contributed by atoms with Crippen LogP contribution in [-0.4, -0.2) is 53.0 Å². The Balaban J connectivity index is 1.48. The van der Waals surface area contributed by atoms with Gasteiger partial charge in [-0.3, -0.25) is 14.7 Å². The van der Waals surface area contributed by atoms with Crippen LogP contribution < -0.4 is 4.90 Å². The van der Waals surface area contributed by atoms with Gasteiger partial charge in [0.1, 0.15) is 5.82 Å². The Bertz CT molecular complexity index is 1020. The van der Waals surface area contributed by atoms with Gasteiger partial charge < -0.3 is 9.80 Å². The summed E-state index contributed by atoms with van der Waals surface area (Å²) in [6.45, 7) is 3.47. The van der Waals surface area contributed by atoms with Crippen molar-refractivity contribution in [2.45, 2.75) is 6.92 Å². The maximum Gasteiger partial charge on any atom is 0.256 e. The molecule has 1 aliphatic rings. The molecule has 7 heteroatoms. The number of hydrogen-bond donors (Lipinski definition) is 1. The van der Waals surface area contributed by atoms with Gasteiger partial charge in [-0.05, 0) is 31.2 Å². The second kappa shape index (κ2) is 6.83. The average Bonchev–Trinajstić information content (AvgIpc) is 3.16. The zero-order chi connectivity index (χ0) is 19.0. The maximum absolute atomic E-state index is 14.4. The molecular weight excluding hydrogens is 347 g/mol. The van der Waals surface area contributed by atoms with Gasteiger partial charge in [0.15, 0.2) is 5.78 Å². The molecule has 27 heavy (non-hydrogen) atoms. The lowest BCUT2D eigenvalue weighted by Gasteiger charge is -2.36. The highest BCUT2D eigenvalue weighted by Gasteiger charge is 2.25. The van der Waals surface area contributed by atoms with Crippen LogP contribution in [0.15, 0.2) is 42.6 Å². The van der Waals surface area contributed by atoms with E-state index in [1.165, 1.54) is 13.0 Å². The van der Waals surface area contributed by atoms with E-state index in [4.69, 9.17) is 0 Å². The second-order valence-electron chi connectivity index (χ2n) is 6.64. The molecule has 1 aliphatic heterocycles. The van der Waals surface area contributed by atoms with Crippen molar-refractivity contribution in [2.75, 3.05) is 31.1 Å². The highest BCUT2D eigenvalue weighted by atomic mass is 19.1. The number of fused-ring (bicyclic) bond motifs is 1. The number of amides is 1. The summed E-state index contributed by atoms with van der Waals surface area (Å²) in [5.41, 5.74) is 2.15. The minimum atomic E-state index is -0.412. The fraction of sp³-hybridized carbons (Fsp3) is 0.250. The first-order valence-electron chi connectivity index (χ1n) is 8.81. The molecule has 0 saturated carbocycles. The van der Waals surface area contributed by atoms with Crippen LogP contribution in [0, 0.1) is 5.82 Å². The van der Waals surface area contributed by atoms with E-state index in [0.29, 0.717) is 43.0 Å². The standard InChI is InChI=1S/C20H19FN4O2/c1-13(26)14-5-6-18(17(21)11-14)24-7-9-25(10-8-24)20(27)16-4-2-3-15-12-22-23-19(15)16/h2-6,11-12H,7-10H2,1H3,(H,22,23). The number of Topliss-reactive ketones (excluding diaryl/α,β-unsaturated/α-hetero) is 1. The summed E-state index contributed by atoms with van der Waals surface area (Å²) in [7, 11) is 0. The summed E-state index contributed by atoms with van der Waals surface area (Å²) >= 11 is 0. The maximum atomic E-state index is 14.4. The van der Waals surface area contributed by atoms with Crippen LogP contribution in [0.5, 0.6) is 0 Å². The van der Waals surface area contributed by atoms with Crippen LogP contribution in [0.25, 0.3) is 10.9 Å². The Labute approximate surface area is 155 Å². The molecule has 0 atom stereocenters. The molecule has 1 aromatic heterocycles. The quantitative estimate of drug-likeness (QED) is 0.724. The van der Waals surface area contributed by atoms with E-state index in [1.807, 2.05) is 17.0 Å². The Morgan fingerprint density at radius 1 is 1.11 bits per heavy atom. The number of para-hydroxylation sites is 1. The van der Waals surface area contributed by atoms with Gasteiger partial charge in [0.05, 0.1) is 23.0 Å². The molecule has 3 aromatic rings. The normalized spacial score (nSPS) is 14.6. The third-order valence-electron chi connectivity index (χ3n) is 4.97. The van der Waals surface area contributed by atoms with Gasteiger partial charge in [0.2, 0.25) is 0 Å². The molecule has 1 saturated heterocycles. The van der Waals surface area contributed by atoms with Gasteiger partial charge in [-0.2, -0.15) is 5.10 Å². The first-order valence-corrected chi connectivity index (χ1v) is 8.81. The summed E-state index contributed by atoms with van der Waals surface area (Å²) in [6, 6.07) is 10.1. The number of H-pyrrole nitrogens is 1. The summed E-state index contributed by atoms with van der Waals surface area (Å²) in [5.74, 6) is -0.634. The van der Waals surface area contributed by atoms with Crippen molar-refractivity contribution < 1.29 is 14.0 Å². The lowest BCUT2D eigenvalue weighted by Crippen LogP contribution is -2.49. The lowest BCUT2D eigenvalue weighted by molar-refractivity contribution is 0.0748. The van der Waals surface area contributed by atoms with Crippen LogP contribution in [0.2, 0.25) is 0 Å². The summed E-state index contributed by atoms with van der Waals surface area (Å²) < 4.78 is 14.4. The first-order chi connectivity index (χ1) is 13.0. The number of carbonyl (C=O) groups excluding carboxylic acids is 2. The van der Waals surface area contributed by atoms with E-state index in [2.05, 4.69) is 10.2 Å². The zero-order valence-electron chi connectivity index (χ0n) is 14.9. The number of aromatic amines is 1. The molecule has 0 spiro atoms. The number of nitrogens with zero attached hydrogens (tertiary/aromatic N) is 3. The first kappa shape index (κ1) is 17.2. The van der Waals surface area contributed by atoms with E-state index >= 15 is 0 Å². The molecule has 4 rings (SSSR count). The van der Waals surface area contributed by atoms with Crippen molar-refractivity contribution >= 4 is 28.3 Å². The molecule has 1 N–H and O–H groups in total. The smallest absolute Gasteiger partial charge is 0.256 e. The van der Waals surface area contributed by atoms with Gasteiger partial charge in [-0.15, -0.1) is 0 Å². The van der Waals surface area contributed by atoms with Crippen LogP contribution in [-0.2, 0) is 0 Å². The van der Waals surface area contributed by atoms with E-state index in [-0.39, 0.29) is 11.7 Å². The van der Waals surface area contributed by atoms with Gasteiger partial charge in [0, 0.05) is 37.1 Å². The van der Waals surface area contributed by atoms with Gasteiger partial charge in [0.25, 0.3) is 5.91 Å². The molecule has 0 radical (unpaired) electrons. The molecule has 0 bridgehead atoms. The number of piperazine rings is 1. The summed E-state index contributed by atoms with van der Waals surface area (Å²) in [6.07, 6.45) is 1.69. The second-order valence-corrected chi connectivity index (χ2v) is 6.64. The largest absolute Gasteiger partial charge is 0.366 e. The van der Waals surface area contributed by atoms with E-state index in [9.17, 15) is 14.0 Å². The molecule has 0 unspecified atom stereocenters. The number of carbonyl (C=O) groups is 2. The van der Waals surface area contributed by atoms with Gasteiger partial charge in [-0.25, -0.2) is 4.39 Å². The predicted octanol–water partition coefficient (Wildman–Crippen LogP) is 2.87. The summed E-state index contributed by atoms with van der Waals surface area (Å²) in [5, 5.41) is 7.78. The molecular formula is C20H19FN4O2. The van der Waals surface area contributed by atoms with Crippen molar-refractivity contribution in [1.82, 2.24) is 15.1 Å². The number of ketones is 1. The number of halogens is 1. The number of hydrogen-bond acceptors (Lipinski definition) is 4. The van der Waals surface area contributed by atoms with Crippen molar-refractivity contribution in [3.05, 3.63) is 59.5 Å². The lowest BCUT2D eigenvalue weighted by atomic mass is 10.1. The topological polar surface area (TPSA) is 69.3 Å². The Morgan fingerprint density at radius 2 is 1.89 bits per heavy atom. The van der Waals surface area contributed by atoms with Crippen LogP contribution in [0.3, 0.4) is 0 Å². The molecule has 6 nitrogen and oxygen atoms in total. The fourth-order valence-electron chi connectivity index (χ4n) is 3.45. The van der Waals surface area contributed by atoms with Crippen molar-refractivity contribution in [3.8, 4) is 0 Å². The summed E-state index contributed by atoms with van der Waals surface area (Å²) in [4.78, 5) is 27.9. The van der Waals surface area contributed by atoms with Crippen molar-refractivity contribution in [3.63, 3.8) is 0 Å². The van der Waals surface area contributed by atoms with Crippen LogP contribution in [0.1, 0.15) is 27.6 Å². The molecule has 1 amide bonds. The Hall–Kier alpha value is -3.22. The number of aromatic nitrogens is 2. The number of rotatable bonds is 3. The third-order valence-corrected chi connectivity index (χ3v) is 4.97. The molecule has 138 valence electrons. The monoisotopic (exact) mass is 366 g/mol. The molecule has 0 aliphatic carbocycles. The minimum Gasteiger partial charge on any atom is -0.366 e. The van der Waals surface area contributed by atoms with E-state index in [0.717, 1.165) is 10.9 Å². The fourth-order valence-corrected chi connectivity index (χ4v) is 3.45. The number of nitrogens with one attached hydrogen (secondary N) is 1. The minimum absolute atomic E-state index is 0.0584. The molecule has 2 heterocycles. The highest BCUT2D eigenvalue weighted by Crippen LogP contribution is 2.24. The Kier molecular flexibility index (Phi) is 4.35.